The average Bonchev–Trinajstić information content (AvgIpc) is 3.00. The molecule has 0 saturated carbocycles. The highest BCUT2D eigenvalue weighted by Gasteiger charge is 2.33. The molecular weight excluding hydrogens is 398 g/mol. The number of amides is 2. The minimum Gasteiger partial charge on any atom is -0.493 e. The Bertz CT molecular complexity index is 995. The van der Waals surface area contributed by atoms with Crippen molar-refractivity contribution in [3.05, 3.63) is 76.2 Å². The van der Waals surface area contributed by atoms with Gasteiger partial charge < -0.3 is 9.47 Å². The fourth-order valence-electron chi connectivity index (χ4n) is 3.15. The molecule has 0 bridgehead atoms. The van der Waals surface area contributed by atoms with Crippen LogP contribution in [0.2, 0.25) is 0 Å². The Labute approximate surface area is 181 Å². The van der Waals surface area contributed by atoms with Crippen LogP contribution in [0.3, 0.4) is 0 Å². The molecule has 1 saturated heterocycles. The van der Waals surface area contributed by atoms with Gasteiger partial charge in [-0.1, -0.05) is 35.9 Å². The fourth-order valence-corrected chi connectivity index (χ4v) is 4.06. The van der Waals surface area contributed by atoms with E-state index in [1.807, 2.05) is 43.3 Å². The van der Waals surface area contributed by atoms with Gasteiger partial charge in [0.15, 0.2) is 11.5 Å². The number of carbonyl (C=O) groups excluding carboxylic acids is 2. The molecule has 2 amide bonds. The summed E-state index contributed by atoms with van der Waals surface area (Å²) in [7, 11) is 1.58. The van der Waals surface area contributed by atoms with E-state index in [2.05, 4.69) is 6.58 Å². The molecule has 1 aliphatic heterocycles. The maximum Gasteiger partial charge on any atom is 0.293 e. The molecule has 6 heteroatoms. The van der Waals surface area contributed by atoms with Crippen molar-refractivity contribution in [3.63, 3.8) is 0 Å². The first-order valence-electron chi connectivity index (χ1n) is 9.72. The van der Waals surface area contributed by atoms with Crippen molar-refractivity contribution in [3.8, 4) is 11.5 Å². The van der Waals surface area contributed by atoms with E-state index in [0.29, 0.717) is 36.0 Å². The Morgan fingerprint density at radius 2 is 1.90 bits per heavy atom. The quantitative estimate of drug-likeness (QED) is 0.422. The summed E-state index contributed by atoms with van der Waals surface area (Å²) >= 11 is 0.953. The van der Waals surface area contributed by atoms with E-state index in [1.54, 1.807) is 26.2 Å². The lowest BCUT2D eigenvalue weighted by Crippen LogP contribution is -2.27. The van der Waals surface area contributed by atoms with Crippen LogP contribution in [0.5, 0.6) is 11.5 Å². The van der Waals surface area contributed by atoms with Gasteiger partial charge in [-0.2, -0.15) is 0 Å². The lowest BCUT2D eigenvalue weighted by atomic mass is 10.0. The maximum absolute atomic E-state index is 12.4. The van der Waals surface area contributed by atoms with E-state index in [4.69, 9.17) is 9.47 Å². The third kappa shape index (κ3) is 4.76. The Morgan fingerprint density at radius 3 is 2.50 bits per heavy atom. The molecule has 0 atom stereocenters. The zero-order chi connectivity index (χ0) is 21.7. The summed E-state index contributed by atoms with van der Waals surface area (Å²) in [6.45, 7) is 8.44. The maximum atomic E-state index is 12.4. The fraction of sp³-hybridized carbons (Fsp3) is 0.250. The van der Waals surface area contributed by atoms with Crippen LogP contribution in [0, 0.1) is 6.92 Å². The average molecular weight is 424 g/mol. The van der Waals surface area contributed by atoms with Crippen molar-refractivity contribution in [1.29, 1.82) is 0 Å². The molecule has 3 rings (SSSR count). The van der Waals surface area contributed by atoms with Gasteiger partial charge in [-0.25, -0.2) is 0 Å². The number of allylic oxidation sites excluding steroid dienone is 1. The minimum atomic E-state index is -0.267. The topological polar surface area (TPSA) is 55.8 Å². The van der Waals surface area contributed by atoms with Crippen LogP contribution >= 0.6 is 11.8 Å². The Morgan fingerprint density at radius 1 is 1.17 bits per heavy atom. The molecule has 30 heavy (non-hydrogen) atoms. The van der Waals surface area contributed by atoms with Gasteiger partial charge in [0.1, 0.15) is 6.61 Å². The van der Waals surface area contributed by atoms with Gasteiger partial charge >= 0.3 is 0 Å². The molecule has 5 nitrogen and oxygen atoms in total. The molecule has 1 fully saturated rings. The van der Waals surface area contributed by atoms with E-state index in [-0.39, 0.29) is 11.1 Å². The van der Waals surface area contributed by atoms with E-state index >= 15 is 0 Å². The number of rotatable bonds is 8. The number of imide groups is 1. The number of hydrogen-bond acceptors (Lipinski definition) is 5. The van der Waals surface area contributed by atoms with Crippen LogP contribution in [-0.2, 0) is 17.8 Å². The van der Waals surface area contributed by atoms with E-state index in [0.717, 1.165) is 28.5 Å². The number of hydrogen-bond donors (Lipinski definition) is 0. The zero-order valence-electron chi connectivity index (χ0n) is 17.4. The second-order valence-electron chi connectivity index (χ2n) is 6.90. The number of nitrogens with zero attached hydrogens (tertiary/aromatic N) is 1. The molecule has 0 aliphatic carbocycles. The molecule has 156 valence electrons. The molecular formula is C24H25NO4S. The molecule has 2 aromatic carbocycles. The summed E-state index contributed by atoms with van der Waals surface area (Å²) in [5.74, 6) is 0.954. The third-order valence-corrected chi connectivity index (χ3v) is 5.64. The number of aryl methyl sites for hydroxylation is 1. The van der Waals surface area contributed by atoms with Crippen LogP contribution in [0.4, 0.5) is 4.79 Å². The van der Waals surface area contributed by atoms with Crippen molar-refractivity contribution in [2.75, 3.05) is 13.7 Å². The first kappa shape index (κ1) is 21.7. The van der Waals surface area contributed by atoms with Gasteiger partial charge in [0.05, 0.1) is 12.0 Å². The highest BCUT2D eigenvalue weighted by Crippen LogP contribution is 2.37. The lowest BCUT2D eigenvalue weighted by molar-refractivity contribution is -0.122. The Kier molecular flexibility index (Phi) is 7.00. The van der Waals surface area contributed by atoms with Gasteiger partial charge in [-0.15, -0.1) is 6.58 Å². The first-order chi connectivity index (χ1) is 14.5. The highest BCUT2D eigenvalue weighted by molar-refractivity contribution is 8.18. The zero-order valence-corrected chi connectivity index (χ0v) is 18.3. The third-order valence-electron chi connectivity index (χ3n) is 4.73. The van der Waals surface area contributed by atoms with E-state index < -0.39 is 0 Å². The van der Waals surface area contributed by atoms with Gasteiger partial charge in [0, 0.05) is 12.1 Å². The number of ether oxygens (including phenoxy) is 2. The summed E-state index contributed by atoms with van der Waals surface area (Å²) in [5, 5.41) is -0.245. The number of likely N-dealkylation sites (N-methyl/N-ethyl adjacent to an activating group) is 1. The monoisotopic (exact) mass is 423 g/mol. The summed E-state index contributed by atoms with van der Waals surface area (Å²) < 4.78 is 11.7. The van der Waals surface area contributed by atoms with Gasteiger partial charge in [0.2, 0.25) is 0 Å². The van der Waals surface area contributed by atoms with Crippen molar-refractivity contribution in [1.82, 2.24) is 4.90 Å². The molecule has 0 spiro atoms. The SMILES string of the molecule is C=CCc1cc(/C=C2/SC(=O)N(CC)C2=O)cc(OC)c1OCc1ccc(C)cc1. The van der Waals surface area contributed by atoms with E-state index in [9.17, 15) is 9.59 Å². The minimum absolute atomic E-state index is 0.245. The standard InChI is InChI=1S/C24H25NO4S/c1-5-7-19-12-18(14-21-23(26)25(6-2)24(27)30-21)13-20(28-4)22(19)29-15-17-10-8-16(3)9-11-17/h5,8-14H,1,6-7,15H2,2-4H3/b21-14+. The van der Waals surface area contributed by atoms with Crippen molar-refractivity contribution < 1.29 is 19.1 Å². The van der Waals surface area contributed by atoms with Crippen LogP contribution in [-0.4, -0.2) is 29.7 Å². The first-order valence-corrected chi connectivity index (χ1v) is 10.5. The number of thioether (sulfide) groups is 1. The van der Waals surface area contributed by atoms with E-state index in [1.165, 1.54) is 10.5 Å². The summed E-state index contributed by atoms with van der Waals surface area (Å²) in [6, 6.07) is 11.9. The van der Waals surface area contributed by atoms with Crippen LogP contribution < -0.4 is 9.47 Å². The van der Waals surface area contributed by atoms with Crippen LogP contribution in [0.25, 0.3) is 6.08 Å². The second kappa shape index (κ2) is 9.67. The van der Waals surface area contributed by atoms with Gasteiger partial charge in [-0.3, -0.25) is 14.5 Å². The van der Waals surface area contributed by atoms with Crippen molar-refractivity contribution >= 4 is 29.0 Å². The molecule has 2 aromatic rings. The number of benzene rings is 2. The van der Waals surface area contributed by atoms with Crippen molar-refractivity contribution in [2.24, 2.45) is 0 Å². The van der Waals surface area contributed by atoms with Gasteiger partial charge in [0.25, 0.3) is 11.1 Å². The molecule has 1 heterocycles. The summed E-state index contributed by atoms with van der Waals surface area (Å²) in [4.78, 5) is 26.0. The second-order valence-corrected chi connectivity index (χ2v) is 7.90. The normalized spacial score (nSPS) is 15.0. The Balaban J connectivity index is 1.92. The predicted octanol–water partition coefficient (Wildman–Crippen LogP) is 5.37. The largest absolute Gasteiger partial charge is 0.493 e. The van der Waals surface area contributed by atoms with Crippen LogP contribution in [0.1, 0.15) is 29.2 Å². The number of methoxy groups -OCH3 is 1. The smallest absolute Gasteiger partial charge is 0.293 e. The van der Waals surface area contributed by atoms with Gasteiger partial charge in [-0.05, 0) is 61.4 Å². The molecule has 0 aromatic heterocycles. The predicted molar refractivity (Wildman–Crippen MR) is 121 cm³/mol. The molecule has 0 radical (unpaired) electrons. The Hall–Kier alpha value is -2.99. The van der Waals surface area contributed by atoms with Crippen molar-refractivity contribution in [2.45, 2.75) is 26.9 Å². The lowest BCUT2D eigenvalue weighted by Gasteiger charge is -2.16. The number of carbonyl (C=O) groups is 2. The molecule has 1 aliphatic rings. The molecule has 0 N–H and O–H groups in total. The summed E-state index contributed by atoms with van der Waals surface area (Å²) in [5.41, 5.74) is 3.93. The van der Waals surface area contributed by atoms with Crippen LogP contribution in [0.15, 0.2) is 54.0 Å². The highest BCUT2D eigenvalue weighted by atomic mass is 32.2. The molecule has 0 unspecified atom stereocenters. The summed E-state index contributed by atoms with van der Waals surface area (Å²) in [6.07, 6.45) is 4.10.